The normalized spacial score (nSPS) is 21.2. The van der Waals surface area contributed by atoms with Crippen molar-refractivity contribution in [1.82, 2.24) is 0 Å². The minimum absolute atomic E-state index is 0.0572. The van der Waals surface area contributed by atoms with Crippen molar-refractivity contribution in [3.63, 3.8) is 0 Å². The Kier molecular flexibility index (Phi) is 11.6. The molecule has 0 amide bonds. The highest BCUT2D eigenvalue weighted by Crippen LogP contribution is 2.74. The van der Waals surface area contributed by atoms with Crippen LogP contribution in [0.1, 0.15) is 162 Å². The Morgan fingerprint density at radius 3 is 1.49 bits per heavy atom. The van der Waals surface area contributed by atoms with Gasteiger partial charge in [-0.05, 0) is 173 Å². The van der Waals surface area contributed by atoms with Crippen molar-refractivity contribution in [3.8, 4) is 0 Å². The van der Waals surface area contributed by atoms with Gasteiger partial charge in [-0.15, -0.1) is 0 Å². The number of allylic oxidation sites excluding steroid dienone is 2. The van der Waals surface area contributed by atoms with Crippen molar-refractivity contribution >= 4 is 51.1 Å². The van der Waals surface area contributed by atoms with Crippen molar-refractivity contribution in [2.75, 3.05) is 4.90 Å². The molecular formula is C64H67F2N. The number of benzene rings is 6. The average Bonchev–Trinajstić information content (AvgIpc) is 3.87. The lowest BCUT2D eigenvalue weighted by atomic mass is 9.53. The number of halogens is 2. The molecule has 342 valence electrons. The molecule has 6 aromatic rings. The molecular weight excluding hydrogens is 821 g/mol. The van der Waals surface area contributed by atoms with Gasteiger partial charge in [0.25, 0.3) is 0 Å². The van der Waals surface area contributed by atoms with Gasteiger partial charge in [0.15, 0.2) is 0 Å². The summed E-state index contributed by atoms with van der Waals surface area (Å²) in [5, 5.41) is 2.20. The highest BCUT2D eigenvalue weighted by molar-refractivity contribution is 6.11. The van der Waals surface area contributed by atoms with E-state index in [0.29, 0.717) is 29.4 Å². The van der Waals surface area contributed by atoms with Gasteiger partial charge >= 0.3 is 0 Å². The molecule has 0 atom stereocenters. The number of anilines is 3. The van der Waals surface area contributed by atoms with E-state index < -0.39 is 11.6 Å². The van der Waals surface area contributed by atoms with Gasteiger partial charge in [0, 0.05) is 28.3 Å². The number of fused-ring (bicyclic) bond motifs is 5. The molecule has 6 aromatic carbocycles. The van der Waals surface area contributed by atoms with Gasteiger partial charge in [-0.1, -0.05) is 168 Å². The van der Waals surface area contributed by atoms with Crippen molar-refractivity contribution in [3.05, 3.63) is 172 Å². The van der Waals surface area contributed by atoms with Gasteiger partial charge in [-0.2, -0.15) is 0 Å². The molecule has 0 heterocycles. The third kappa shape index (κ3) is 7.18. The van der Waals surface area contributed by atoms with E-state index in [1.165, 1.54) is 152 Å². The zero-order chi connectivity index (χ0) is 45.0. The van der Waals surface area contributed by atoms with Gasteiger partial charge in [0.05, 0.1) is 5.69 Å². The Hall–Kier alpha value is -5.28. The number of nitrogens with zero attached hydrogens (tertiary/aromatic N) is 1. The van der Waals surface area contributed by atoms with Crippen LogP contribution in [0.3, 0.4) is 0 Å². The largest absolute Gasteiger partial charge is 0.308 e. The van der Waals surface area contributed by atoms with Crippen LogP contribution in [0, 0.1) is 35.3 Å². The molecule has 1 nitrogen and oxygen atoms in total. The zero-order valence-corrected chi connectivity index (χ0v) is 39.4. The third-order valence-electron chi connectivity index (χ3n) is 18.2. The van der Waals surface area contributed by atoms with Gasteiger partial charge in [0.2, 0.25) is 0 Å². The van der Waals surface area contributed by atoms with Crippen molar-refractivity contribution in [2.45, 2.75) is 139 Å². The summed E-state index contributed by atoms with van der Waals surface area (Å²) >= 11 is 0. The summed E-state index contributed by atoms with van der Waals surface area (Å²) in [6.07, 6.45) is 32.2. The van der Waals surface area contributed by atoms with Crippen LogP contribution >= 0.6 is 0 Å². The second-order valence-corrected chi connectivity index (χ2v) is 21.6. The van der Waals surface area contributed by atoms with Crippen LogP contribution in [-0.4, -0.2) is 0 Å². The molecule has 67 heavy (non-hydrogen) atoms. The standard InChI is InChI=1S/C64H67F2N/c65-52-36-39-60(59(66)43-52)67(53-26-14-5-15-27-53)54-37-35-46-40-44(32-34-47(46)42-54)30-31-45-33-38-56-58(41-45)64(50-22-10-3-11-23-50,51-24-12-4-13-25-51)61-55-28-16-17-29-57(55)63(62(56)61,48-18-6-1-7-19-48)49-20-8-2-9-21-49/h5,14-17,26-43,48-51H,1-4,6-13,18-25H2. The Morgan fingerprint density at radius 2 is 0.896 bits per heavy atom. The van der Waals surface area contributed by atoms with E-state index in [0.717, 1.165) is 28.2 Å². The molecule has 0 saturated heterocycles. The molecule has 0 spiro atoms. The van der Waals surface area contributed by atoms with Crippen LogP contribution in [-0.2, 0) is 10.8 Å². The maximum Gasteiger partial charge on any atom is 0.150 e. The molecule has 3 heteroatoms. The smallest absolute Gasteiger partial charge is 0.150 e. The summed E-state index contributed by atoms with van der Waals surface area (Å²) in [7, 11) is 0. The molecule has 0 radical (unpaired) electrons. The summed E-state index contributed by atoms with van der Waals surface area (Å²) in [6, 6.07) is 44.5. The summed E-state index contributed by atoms with van der Waals surface area (Å²) < 4.78 is 29.5. The molecule has 0 aliphatic heterocycles. The molecule has 0 bridgehead atoms. The van der Waals surface area contributed by atoms with E-state index in [2.05, 4.69) is 84.9 Å². The summed E-state index contributed by atoms with van der Waals surface area (Å²) in [5.41, 5.74) is 15.0. The molecule has 0 unspecified atom stereocenters. The van der Waals surface area contributed by atoms with Gasteiger partial charge in [-0.25, -0.2) is 8.78 Å². The highest BCUT2D eigenvalue weighted by atomic mass is 19.1. The topological polar surface area (TPSA) is 3.24 Å². The van der Waals surface area contributed by atoms with Crippen molar-refractivity contribution in [2.24, 2.45) is 23.7 Å². The lowest BCUT2D eigenvalue weighted by Crippen LogP contribution is -2.44. The van der Waals surface area contributed by atoms with Crippen LogP contribution < -0.4 is 4.90 Å². The van der Waals surface area contributed by atoms with E-state index in [1.807, 2.05) is 52.4 Å². The molecule has 12 rings (SSSR count). The lowest BCUT2D eigenvalue weighted by Gasteiger charge is -2.50. The Balaban J connectivity index is 0.972. The maximum absolute atomic E-state index is 15.4. The second-order valence-electron chi connectivity index (χ2n) is 21.6. The number of hydrogen-bond donors (Lipinski definition) is 0. The first kappa shape index (κ1) is 43.0. The van der Waals surface area contributed by atoms with Gasteiger partial charge in [0.1, 0.15) is 11.6 Å². The molecule has 4 saturated carbocycles. The molecule has 6 aliphatic rings. The molecule has 0 aromatic heterocycles. The van der Waals surface area contributed by atoms with Crippen molar-refractivity contribution in [1.29, 1.82) is 0 Å². The van der Waals surface area contributed by atoms with Crippen LogP contribution in [0.5, 0.6) is 0 Å². The van der Waals surface area contributed by atoms with E-state index in [4.69, 9.17) is 0 Å². The zero-order valence-electron chi connectivity index (χ0n) is 39.4. The summed E-state index contributed by atoms with van der Waals surface area (Å²) in [5.74, 6) is 1.61. The van der Waals surface area contributed by atoms with E-state index in [9.17, 15) is 4.39 Å². The lowest BCUT2D eigenvalue weighted by molar-refractivity contribution is 0.150. The van der Waals surface area contributed by atoms with E-state index in [-0.39, 0.29) is 10.8 Å². The predicted molar refractivity (Wildman–Crippen MR) is 277 cm³/mol. The van der Waals surface area contributed by atoms with Gasteiger partial charge < -0.3 is 4.90 Å². The first-order valence-electron chi connectivity index (χ1n) is 26.6. The SMILES string of the molecule is Fc1ccc(N(c2ccccc2)c2ccc3cc(C=Cc4ccc5c(c4)C(C4CCCCC4)(C4CCCCC4)C4=C5C(C5CCCCC5)(C5CCCCC5)c5ccccc54)ccc3c2)c(F)c1. The molecule has 6 aliphatic carbocycles. The van der Waals surface area contributed by atoms with Crippen LogP contribution in [0.25, 0.3) is 34.1 Å². The minimum atomic E-state index is -0.594. The average molecular weight is 888 g/mol. The van der Waals surface area contributed by atoms with Crippen LogP contribution in [0.4, 0.5) is 25.8 Å². The van der Waals surface area contributed by atoms with Gasteiger partial charge in [-0.3, -0.25) is 0 Å². The van der Waals surface area contributed by atoms with E-state index in [1.54, 1.807) is 22.3 Å². The van der Waals surface area contributed by atoms with Crippen molar-refractivity contribution < 1.29 is 8.78 Å². The Morgan fingerprint density at radius 1 is 0.403 bits per heavy atom. The number of para-hydroxylation sites is 1. The number of rotatable bonds is 9. The fourth-order valence-corrected chi connectivity index (χ4v) is 15.6. The minimum Gasteiger partial charge on any atom is -0.308 e. The predicted octanol–water partition coefficient (Wildman–Crippen LogP) is 18.5. The van der Waals surface area contributed by atoms with E-state index >= 15 is 4.39 Å². The monoisotopic (exact) mass is 888 g/mol. The first-order chi connectivity index (χ1) is 33.0. The third-order valence-corrected chi connectivity index (χ3v) is 18.2. The first-order valence-corrected chi connectivity index (χ1v) is 26.6. The fraction of sp³-hybridized carbons (Fsp3) is 0.406. The summed E-state index contributed by atoms with van der Waals surface area (Å²) in [6.45, 7) is 0. The number of hydrogen-bond acceptors (Lipinski definition) is 1. The highest BCUT2D eigenvalue weighted by Gasteiger charge is 2.64. The fourth-order valence-electron chi connectivity index (χ4n) is 15.6. The van der Waals surface area contributed by atoms with Crippen LogP contribution in [0.2, 0.25) is 0 Å². The maximum atomic E-state index is 15.4. The second kappa shape index (κ2) is 18.0. The quantitative estimate of drug-likeness (QED) is 0.131. The molecule has 4 fully saturated rings. The Bertz CT molecular complexity index is 2790. The summed E-state index contributed by atoms with van der Waals surface area (Å²) in [4.78, 5) is 1.87. The van der Waals surface area contributed by atoms with Crippen LogP contribution in [0.15, 0.2) is 127 Å². The Labute approximate surface area is 398 Å². The molecule has 0 N–H and O–H groups in total.